The standard InChI is InChI=1S/C17H28N4O3S.2C2HF3O2/c1-3-25(22,23)9-7-21-12-17(13-21)15(5-8-24-17)4-6-18-16-19-10-14(2)11-20-16;2*3-2(4,5)1(6)7/h10-11,15H,3-9,12-13H2,1-2H3,(H,18,19,20);2*(H,6,7). The maximum atomic E-state index is 11.6. The predicted molar refractivity (Wildman–Crippen MR) is 125 cm³/mol. The number of nitrogens with one attached hydrogen (secondary N) is 1. The zero-order valence-electron chi connectivity index (χ0n) is 21.0. The van der Waals surface area contributed by atoms with E-state index in [1.54, 1.807) is 6.92 Å². The molecule has 39 heavy (non-hydrogen) atoms. The number of halogens is 6. The molecule has 3 rings (SSSR count). The number of aliphatic carboxylic acids is 2. The molecule has 18 heteroatoms. The number of nitrogens with zero attached hydrogens (tertiary/aromatic N) is 3. The molecule has 2 aliphatic heterocycles. The number of carboxylic acids is 2. The highest BCUT2D eigenvalue weighted by Gasteiger charge is 2.52. The zero-order chi connectivity index (χ0) is 30.1. The first-order valence-corrected chi connectivity index (χ1v) is 13.3. The summed E-state index contributed by atoms with van der Waals surface area (Å²) in [6.45, 7) is 7.60. The van der Waals surface area contributed by atoms with Crippen LogP contribution in [0.25, 0.3) is 0 Å². The van der Waals surface area contributed by atoms with Crippen LogP contribution in [0.2, 0.25) is 0 Å². The highest BCUT2D eigenvalue weighted by molar-refractivity contribution is 7.91. The Morgan fingerprint density at radius 1 is 1.10 bits per heavy atom. The van der Waals surface area contributed by atoms with E-state index in [0.717, 1.165) is 44.6 Å². The highest BCUT2D eigenvalue weighted by atomic mass is 32.2. The van der Waals surface area contributed by atoms with Crippen molar-refractivity contribution in [1.82, 2.24) is 14.9 Å². The number of hydrogen-bond donors (Lipinski definition) is 3. The third-order valence-electron chi connectivity index (χ3n) is 5.78. The van der Waals surface area contributed by atoms with Crippen molar-refractivity contribution >= 4 is 27.7 Å². The molecule has 3 N–H and O–H groups in total. The van der Waals surface area contributed by atoms with E-state index in [0.29, 0.717) is 18.4 Å². The third kappa shape index (κ3) is 11.9. The SMILES string of the molecule is CCS(=O)(=O)CCN1CC2(C1)OCCC2CCNc1ncc(C)cn1.O=C(O)C(F)(F)F.O=C(O)C(F)(F)F. The zero-order valence-corrected chi connectivity index (χ0v) is 21.9. The van der Waals surface area contributed by atoms with Crippen LogP contribution in [0, 0.1) is 12.8 Å². The van der Waals surface area contributed by atoms with Crippen molar-refractivity contribution in [3.8, 4) is 0 Å². The number of aromatic nitrogens is 2. The molecule has 0 bridgehead atoms. The Kier molecular flexibility index (Phi) is 12.4. The molecule has 1 aromatic heterocycles. The molecule has 1 atom stereocenters. The molecule has 2 fully saturated rings. The Morgan fingerprint density at radius 3 is 2.03 bits per heavy atom. The van der Waals surface area contributed by atoms with Crippen LogP contribution in [0.4, 0.5) is 32.3 Å². The van der Waals surface area contributed by atoms with Crippen LogP contribution in [0.15, 0.2) is 12.4 Å². The predicted octanol–water partition coefficient (Wildman–Crippen LogP) is 2.38. The first-order chi connectivity index (χ1) is 17.8. The van der Waals surface area contributed by atoms with Crippen molar-refractivity contribution in [2.75, 3.05) is 49.6 Å². The molecule has 0 radical (unpaired) electrons. The van der Waals surface area contributed by atoms with Gasteiger partial charge in [0, 0.05) is 50.9 Å². The first kappa shape index (κ1) is 34.3. The molecule has 1 spiro atoms. The second-order valence-electron chi connectivity index (χ2n) is 8.75. The monoisotopic (exact) mass is 596 g/mol. The number of hydrogen-bond acceptors (Lipinski definition) is 9. The molecule has 1 aromatic rings. The van der Waals surface area contributed by atoms with E-state index in [1.165, 1.54) is 0 Å². The molecule has 0 amide bonds. The third-order valence-corrected chi connectivity index (χ3v) is 7.47. The fourth-order valence-electron chi connectivity index (χ4n) is 3.67. The molecule has 0 aliphatic carbocycles. The summed E-state index contributed by atoms with van der Waals surface area (Å²) in [4.78, 5) is 28.5. The largest absolute Gasteiger partial charge is 0.490 e. The Labute approximate surface area is 220 Å². The van der Waals surface area contributed by atoms with Crippen molar-refractivity contribution in [1.29, 1.82) is 0 Å². The summed E-state index contributed by atoms with van der Waals surface area (Å²) in [5.41, 5.74) is 0.972. The number of alkyl halides is 6. The van der Waals surface area contributed by atoms with E-state index in [2.05, 4.69) is 20.2 Å². The fraction of sp³-hybridized carbons (Fsp3) is 0.714. The van der Waals surface area contributed by atoms with Crippen molar-refractivity contribution in [2.24, 2.45) is 5.92 Å². The van der Waals surface area contributed by atoms with Gasteiger partial charge in [-0.25, -0.2) is 28.0 Å². The Balaban J connectivity index is 0.000000449. The molecular weight excluding hydrogens is 566 g/mol. The number of likely N-dealkylation sites (tertiary alicyclic amines) is 1. The topological polar surface area (TPSA) is 159 Å². The lowest BCUT2D eigenvalue weighted by Gasteiger charge is -2.50. The van der Waals surface area contributed by atoms with E-state index in [4.69, 9.17) is 24.5 Å². The molecule has 11 nitrogen and oxygen atoms in total. The van der Waals surface area contributed by atoms with E-state index >= 15 is 0 Å². The van der Waals surface area contributed by atoms with Gasteiger partial charge < -0.3 is 20.3 Å². The van der Waals surface area contributed by atoms with Gasteiger partial charge in [-0.1, -0.05) is 6.92 Å². The Hall–Kier alpha value is -2.73. The summed E-state index contributed by atoms with van der Waals surface area (Å²) in [5, 5.41) is 17.5. The van der Waals surface area contributed by atoms with Crippen LogP contribution < -0.4 is 5.32 Å². The Morgan fingerprint density at radius 2 is 1.59 bits per heavy atom. The number of ether oxygens (including phenoxy) is 1. The van der Waals surface area contributed by atoms with Crippen LogP contribution >= 0.6 is 0 Å². The summed E-state index contributed by atoms with van der Waals surface area (Å²) in [7, 11) is -2.89. The van der Waals surface area contributed by atoms with Gasteiger partial charge in [-0.2, -0.15) is 26.3 Å². The van der Waals surface area contributed by atoms with Crippen LogP contribution in [-0.2, 0) is 24.2 Å². The van der Waals surface area contributed by atoms with E-state index in [9.17, 15) is 34.8 Å². The second-order valence-corrected chi connectivity index (χ2v) is 11.2. The molecule has 0 aromatic carbocycles. The van der Waals surface area contributed by atoms with Gasteiger partial charge in [-0.15, -0.1) is 0 Å². The second kappa shape index (κ2) is 14.1. The average Bonchev–Trinajstić information content (AvgIpc) is 3.22. The summed E-state index contributed by atoms with van der Waals surface area (Å²) in [6, 6.07) is 0. The van der Waals surface area contributed by atoms with E-state index in [-0.39, 0.29) is 17.1 Å². The number of carbonyl (C=O) groups is 2. The lowest BCUT2D eigenvalue weighted by molar-refractivity contribution is -0.193. The van der Waals surface area contributed by atoms with Gasteiger partial charge in [0.15, 0.2) is 9.84 Å². The van der Waals surface area contributed by atoms with Crippen molar-refractivity contribution in [3.05, 3.63) is 18.0 Å². The minimum atomic E-state index is -5.08. The number of anilines is 1. The van der Waals surface area contributed by atoms with Gasteiger partial charge in [0.05, 0.1) is 11.4 Å². The molecule has 3 heterocycles. The van der Waals surface area contributed by atoms with Crippen LogP contribution in [0.5, 0.6) is 0 Å². The van der Waals surface area contributed by atoms with Crippen LogP contribution in [-0.4, -0.2) is 108 Å². The molecule has 0 saturated carbocycles. The highest BCUT2D eigenvalue weighted by Crippen LogP contribution is 2.41. The van der Waals surface area contributed by atoms with Crippen molar-refractivity contribution in [3.63, 3.8) is 0 Å². The number of carboxylic acid groups (broad SMARTS) is 2. The summed E-state index contributed by atoms with van der Waals surface area (Å²) in [6.07, 6.45) is -4.47. The molecule has 2 aliphatic rings. The van der Waals surface area contributed by atoms with Gasteiger partial charge in [0.2, 0.25) is 5.95 Å². The molecule has 2 saturated heterocycles. The number of sulfone groups is 1. The minimum Gasteiger partial charge on any atom is -0.475 e. The number of rotatable bonds is 8. The summed E-state index contributed by atoms with van der Waals surface area (Å²) >= 11 is 0. The van der Waals surface area contributed by atoms with Gasteiger partial charge in [0.25, 0.3) is 0 Å². The lowest BCUT2D eigenvalue weighted by Crippen LogP contribution is -2.65. The van der Waals surface area contributed by atoms with Gasteiger partial charge >= 0.3 is 24.3 Å². The van der Waals surface area contributed by atoms with Crippen molar-refractivity contribution < 1.29 is 59.3 Å². The maximum absolute atomic E-state index is 11.6. The summed E-state index contributed by atoms with van der Waals surface area (Å²) in [5.74, 6) is -3.88. The quantitative estimate of drug-likeness (QED) is 0.378. The van der Waals surface area contributed by atoms with E-state index < -0.39 is 34.1 Å². The lowest BCUT2D eigenvalue weighted by atomic mass is 9.79. The minimum absolute atomic E-state index is 0.0776. The first-order valence-electron chi connectivity index (χ1n) is 11.5. The molecule has 224 valence electrons. The Bertz CT molecular complexity index is 1020. The smallest absolute Gasteiger partial charge is 0.475 e. The van der Waals surface area contributed by atoms with Crippen LogP contribution in [0.1, 0.15) is 25.3 Å². The average molecular weight is 597 g/mol. The van der Waals surface area contributed by atoms with Gasteiger partial charge in [-0.05, 0) is 31.2 Å². The van der Waals surface area contributed by atoms with Gasteiger partial charge in [0.1, 0.15) is 0 Å². The van der Waals surface area contributed by atoms with Gasteiger partial charge in [-0.3, -0.25) is 4.90 Å². The summed E-state index contributed by atoms with van der Waals surface area (Å²) < 4.78 is 92.8. The van der Waals surface area contributed by atoms with Crippen LogP contribution in [0.3, 0.4) is 0 Å². The fourth-order valence-corrected chi connectivity index (χ4v) is 4.49. The normalized spacial score (nSPS) is 18.7. The number of aryl methyl sites for hydroxylation is 1. The van der Waals surface area contributed by atoms with E-state index in [1.807, 2.05) is 19.3 Å². The van der Waals surface area contributed by atoms with Crippen molar-refractivity contribution in [2.45, 2.75) is 44.6 Å². The maximum Gasteiger partial charge on any atom is 0.490 e. The molecular formula is C21H30F6N4O7S. The molecule has 1 unspecified atom stereocenters.